The van der Waals surface area contributed by atoms with Gasteiger partial charge in [-0.2, -0.15) is 0 Å². The lowest BCUT2D eigenvalue weighted by atomic mass is 9.94. The Hall–Kier alpha value is -1.27. The Kier molecular flexibility index (Phi) is 6.04. The number of carboxylic acid groups (broad SMARTS) is 1. The molecule has 1 amide bonds. The van der Waals surface area contributed by atoms with E-state index >= 15 is 0 Å². The van der Waals surface area contributed by atoms with Crippen LogP contribution in [0.5, 0.6) is 5.75 Å². The maximum Gasteiger partial charge on any atom is 0.310 e. The standard InChI is InChI=1S/C14H17BrClNO4/c1-8(12(18)17-7-14(2,3)13(19)20)21-11-5-4-9(16)6-10(11)15/h4-6,8H,7H2,1-3H3,(H,17,18)(H,19,20). The number of hydrogen-bond acceptors (Lipinski definition) is 3. The van der Waals surface area contributed by atoms with Crippen molar-refractivity contribution in [1.82, 2.24) is 5.32 Å². The van der Waals surface area contributed by atoms with Gasteiger partial charge in [-0.3, -0.25) is 9.59 Å². The SMILES string of the molecule is CC(Oc1ccc(Cl)cc1Br)C(=O)NCC(C)(C)C(=O)O. The van der Waals surface area contributed by atoms with Gasteiger partial charge in [-0.05, 0) is 54.9 Å². The van der Waals surface area contributed by atoms with E-state index < -0.39 is 17.5 Å². The molecule has 0 heterocycles. The van der Waals surface area contributed by atoms with Gasteiger partial charge < -0.3 is 15.2 Å². The molecule has 0 saturated heterocycles. The minimum Gasteiger partial charge on any atom is -0.481 e. The number of amides is 1. The molecule has 1 aromatic carbocycles. The van der Waals surface area contributed by atoms with E-state index in [1.54, 1.807) is 25.1 Å². The van der Waals surface area contributed by atoms with Crippen LogP contribution in [0.2, 0.25) is 5.02 Å². The Labute approximate surface area is 136 Å². The van der Waals surface area contributed by atoms with Crippen molar-refractivity contribution in [3.8, 4) is 5.75 Å². The Morgan fingerprint density at radius 2 is 2.10 bits per heavy atom. The Balaban J connectivity index is 2.61. The van der Waals surface area contributed by atoms with E-state index in [2.05, 4.69) is 21.2 Å². The fraction of sp³-hybridized carbons (Fsp3) is 0.429. The Bertz CT molecular complexity index is 548. The molecule has 5 nitrogen and oxygen atoms in total. The molecular weight excluding hydrogens is 362 g/mol. The molecule has 2 N–H and O–H groups in total. The zero-order valence-corrected chi connectivity index (χ0v) is 14.3. The summed E-state index contributed by atoms with van der Waals surface area (Å²) < 4.78 is 6.16. The minimum absolute atomic E-state index is 0.0245. The molecule has 0 aromatic heterocycles. The topological polar surface area (TPSA) is 75.6 Å². The number of ether oxygens (including phenoxy) is 1. The van der Waals surface area contributed by atoms with Crippen LogP contribution in [-0.4, -0.2) is 29.6 Å². The number of aliphatic carboxylic acids is 1. The van der Waals surface area contributed by atoms with E-state index in [0.29, 0.717) is 15.2 Å². The van der Waals surface area contributed by atoms with E-state index in [0.717, 1.165) is 0 Å². The summed E-state index contributed by atoms with van der Waals surface area (Å²) in [5.74, 6) is -0.873. The van der Waals surface area contributed by atoms with Crippen LogP contribution in [0.3, 0.4) is 0 Å². The molecule has 7 heteroatoms. The summed E-state index contributed by atoms with van der Waals surface area (Å²) >= 11 is 9.12. The van der Waals surface area contributed by atoms with Gasteiger partial charge in [0.15, 0.2) is 6.10 Å². The van der Waals surface area contributed by atoms with E-state index in [1.165, 1.54) is 13.8 Å². The number of carbonyl (C=O) groups is 2. The summed E-state index contributed by atoms with van der Waals surface area (Å²) in [6.45, 7) is 4.69. The molecule has 116 valence electrons. The summed E-state index contributed by atoms with van der Waals surface area (Å²) in [6, 6.07) is 4.96. The Morgan fingerprint density at radius 1 is 1.48 bits per heavy atom. The van der Waals surface area contributed by atoms with Crippen molar-refractivity contribution in [3.05, 3.63) is 27.7 Å². The van der Waals surface area contributed by atoms with E-state index in [1.807, 2.05) is 0 Å². The maximum atomic E-state index is 11.9. The first kappa shape index (κ1) is 17.8. The van der Waals surface area contributed by atoms with Crippen LogP contribution in [0.15, 0.2) is 22.7 Å². The highest BCUT2D eigenvalue weighted by atomic mass is 79.9. The van der Waals surface area contributed by atoms with Gasteiger partial charge in [-0.25, -0.2) is 0 Å². The highest BCUT2D eigenvalue weighted by Crippen LogP contribution is 2.28. The van der Waals surface area contributed by atoms with Gasteiger partial charge in [-0.1, -0.05) is 11.6 Å². The van der Waals surface area contributed by atoms with Crippen LogP contribution in [0, 0.1) is 5.41 Å². The van der Waals surface area contributed by atoms with Gasteiger partial charge in [0, 0.05) is 11.6 Å². The molecule has 21 heavy (non-hydrogen) atoms. The molecular formula is C14H17BrClNO4. The maximum absolute atomic E-state index is 11.9. The van der Waals surface area contributed by atoms with Crippen LogP contribution in [-0.2, 0) is 9.59 Å². The third-order valence-electron chi connectivity index (χ3n) is 2.85. The zero-order valence-electron chi connectivity index (χ0n) is 11.9. The highest BCUT2D eigenvalue weighted by molar-refractivity contribution is 9.10. The molecule has 0 aliphatic carbocycles. The first-order chi connectivity index (χ1) is 9.63. The number of carbonyl (C=O) groups excluding carboxylic acids is 1. The van der Waals surface area contributed by atoms with Crippen molar-refractivity contribution in [2.75, 3.05) is 6.54 Å². The zero-order chi connectivity index (χ0) is 16.2. The molecule has 0 aliphatic heterocycles. The number of carboxylic acids is 1. The number of benzene rings is 1. The van der Waals surface area contributed by atoms with Crippen LogP contribution in [0.1, 0.15) is 20.8 Å². The molecule has 0 aliphatic rings. The monoisotopic (exact) mass is 377 g/mol. The van der Waals surface area contributed by atoms with Crippen molar-refractivity contribution in [1.29, 1.82) is 0 Å². The lowest BCUT2D eigenvalue weighted by Gasteiger charge is -2.21. The van der Waals surface area contributed by atoms with Gasteiger partial charge in [-0.15, -0.1) is 0 Å². The minimum atomic E-state index is -1.03. The third-order valence-corrected chi connectivity index (χ3v) is 3.71. The third kappa shape index (κ3) is 5.21. The van der Waals surface area contributed by atoms with E-state index in [-0.39, 0.29) is 12.5 Å². The normalized spacial score (nSPS) is 12.6. The molecule has 0 saturated carbocycles. The van der Waals surface area contributed by atoms with Crippen molar-refractivity contribution >= 4 is 39.4 Å². The summed E-state index contributed by atoms with van der Waals surface area (Å²) in [5.41, 5.74) is -1.03. The second kappa shape index (κ2) is 7.13. The largest absolute Gasteiger partial charge is 0.481 e. The predicted molar refractivity (Wildman–Crippen MR) is 83.7 cm³/mol. The fourth-order valence-corrected chi connectivity index (χ4v) is 2.12. The van der Waals surface area contributed by atoms with Gasteiger partial charge in [0.25, 0.3) is 5.91 Å². The summed E-state index contributed by atoms with van der Waals surface area (Å²) in [5, 5.41) is 12.1. The molecule has 1 unspecified atom stereocenters. The molecule has 1 aromatic rings. The number of halogens is 2. The van der Waals surface area contributed by atoms with Crippen LogP contribution < -0.4 is 10.1 Å². The van der Waals surface area contributed by atoms with Gasteiger partial charge in [0.2, 0.25) is 0 Å². The number of nitrogens with one attached hydrogen (secondary N) is 1. The van der Waals surface area contributed by atoms with Crippen molar-refractivity contribution < 1.29 is 19.4 Å². The summed E-state index contributed by atoms with van der Waals surface area (Å²) in [7, 11) is 0. The average Bonchev–Trinajstić information content (AvgIpc) is 2.39. The van der Waals surface area contributed by atoms with E-state index in [4.69, 9.17) is 21.4 Å². The number of rotatable bonds is 6. The van der Waals surface area contributed by atoms with Crippen molar-refractivity contribution in [2.45, 2.75) is 26.9 Å². The van der Waals surface area contributed by atoms with Crippen LogP contribution in [0.25, 0.3) is 0 Å². The molecule has 0 fully saturated rings. The quantitative estimate of drug-likeness (QED) is 0.797. The first-order valence-corrected chi connectivity index (χ1v) is 7.43. The molecule has 0 bridgehead atoms. The molecule has 1 rings (SSSR count). The number of hydrogen-bond donors (Lipinski definition) is 2. The highest BCUT2D eigenvalue weighted by Gasteiger charge is 2.28. The second-order valence-corrected chi connectivity index (χ2v) is 6.53. The van der Waals surface area contributed by atoms with Crippen LogP contribution >= 0.6 is 27.5 Å². The van der Waals surface area contributed by atoms with Crippen LogP contribution in [0.4, 0.5) is 0 Å². The summed E-state index contributed by atoms with van der Waals surface area (Å²) in [4.78, 5) is 22.9. The van der Waals surface area contributed by atoms with Crippen molar-refractivity contribution in [2.24, 2.45) is 5.41 Å². The van der Waals surface area contributed by atoms with Gasteiger partial charge >= 0.3 is 5.97 Å². The Morgan fingerprint density at radius 3 is 2.62 bits per heavy atom. The molecule has 1 atom stereocenters. The lowest BCUT2D eigenvalue weighted by Crippen LogP contribution is -2.43. The van der Waals surface area contributed by atoms with Crippen molar-refractivity contribution in [3.63, 3.8) is 0 Å². The fourth-order valence-electron chi connectivity index (χ4n) is 1.34. The first-order valence-electron chi connectivity index (χ1n) is 6.26. The van der Waals surface area contributed by atoms with E-state index in [9.17, 15) is 9.59 Å². The second-order valence-electron chi connectivity index (χ2n) is 5.24. The molecule has 0 radical (unpaired) electrons. The summed E-state index contributed by atoms with van der Waals surface area (Å²) in [6.07, 6.45) is -0.757. The predicted octanol–water partition coefficient (Wildman–Crippen LogP) is 3.10. The van der Waals surface area contributed by atoms with Gasteiger partial charge in [0.1, 0.15) is 5.75 Å². The smallest absolute Gasteiger partial charge is 0.310 e. The lowest BCUT2D eigenvalue weighted by molar-refractivity contribution is -0.147. The van der Waals surface area contributed by atoms with Gasteiger partial charge in [0.05, 0.1) is 9.89 Å². The average molecular weight is 379 g/mol. The molecule has 0 spiro atoms.